The first-order valence-electron chi connectivity index (χ1n) is 12.5. The van der Waals surface area contributed by atoms with E-state index in [4.69, 9.17) is 14.6 Å². The van der Waals surface area contributed by atoms with E-state index in [-0.39, 0.29) is 17.9 Å². The quantitative estimate of drug-likeness (QED) is 0.290. The highest BCUT2D eigenvalue weighted by Crippen LogP contribution is 2.28. The van der Waals surface area contributed by atoms with Crippen molar-refractivity contribution in [3.63, 3.8) is 0 Å². The molecular weight excluding hydrogens is 482 g/mol. The Morgan fingerprint density at radius 3 is 2.29 bits per heavy atom. The summed E-state index contributed by atoms with van der Waals surface area (Å²) >= 11 is 0. The van der Waals surface area contributed by atoms with E-state index in [9.17, 15) is 9.59 Å². The third-order valence-electron chi connectivity index (χ3n) is 6.44. The van der Waals surface area contributed by atoms with Gasteiger partial charge in [-0.3, -0.25) is 14.6 Å². The van der Waals surface area contributed by atoms with Crippen molar-refractivity contribution in [2.24, 2.45) is 5.92 Å². The summed E-state index contributed by atoms with van der Waals surface area (Å²) < 4.78 is 11.8. The molecular formula is C30H27N3O5. The van der Waals surface area contributed by atoms with Gasteiger partial charge >= 0.3 is 5.97 Å². The van der Waals surface area contributed by atoms with Gasteiger partial charge in [-0.2, -0.15) is 0 Å². The van der Waals surface area contributed by atoms with E-state index >= 15 is 0 Å². The van der Waals surface area contributed by atoms with Gasteiger partial charge in [0.25, 0.3) is 5.91 Å². The van der Waals surface area contributed by atoms with E-state index in [1.807, 2.05) is 48.5 Å². The summed E-state index contributed by atoms with van der Waals surface area (Å²) in [6.07, 6.45) is 5.83. The molecule has 1 aliphatic carbocycles. The summed E-state index contributed by atoms with van der Waals surface area (Å²) in [6.45, 7) is 0. The number of anilines is 1. The van der Waals surface area contributed by atoms with Crippen LogP contribution >= 0.6 is 0 Å². The van der Waals surface area contributed by atoms with E-state index in [1.54, 1.807) is 36.5 Å². The van der Waals surface area contributed by atoms with Crippen LogP contribution in [0.3, 0.4) is 0 Å². The molecule has 1 amide bonds. The Kier molecular flexibility index (Phi) is 7.59. The van der Waals surface area contributed by atoms with Gasteiger partial charge in [-0.25, -0.2) is 4.98 Å². The van der Waals surface area contributed by atoms with Crippen molar-refractivity contribution in [1.29, 1.82) is 0 Å². The highest BCUT2D eigenvalue weighted by atomic mass is 16.5. The zero-order valence-corrected chi connectivity index (χ0v) is 20.6. The maximum Gasteiger partial charge on any atom is 0.306 e. The second-order valence-electron chi connectivity index (χ2n) is 9.14. The number of aromatic nitrogens is 2. The van der Waals surface area contributed by atoms with Crippen LogP contribution in [0.2, 0.25) is 0 Å². The molecule has 1 aliphatic rings. The van der Waals surface area contributed by atoms with Gasteiger partial charge in [0.15, 0.2) is 0 Å². The lowest BCUT2D eigenvalue weighted by Crippen LogP contribution is -2.28. The Morgan fingerprint density at radius 1 is 0.816 bits per heavy atom. The molecule has 192 valence electrons. The summed E-state index contributed by atoms with van der Waals surface area (Å²) in [5.41, 5.74) is 2.52. The monoisotopic (exact) mass is 509 g/mol. The smallest absolute Gasteiger partial charge is 0.306 e. The number of para-hydroxylation sites is 1. The molecule has 4 aromatic rings. The summed E-state index contributed by atoms with van der Waals surface area (Å²) in [5.74, 6) is 0.551. The largest absolute Gasteiger partial charge is 0.481 e. The molecule has 8 heteroatoms. The summed E-state index contributed by atoms with van der Waals surface area (Å²) in [7, 11) is 0. The number of amides is 1. The molecule has 5 rings (SSSR count). The molecule has 0 bridgehead atoms. The van der Waals surface area contributed by atoms with Crippen LogP contribution in [0, 0.1) is 5.92 Å². The Labute approximate surface area is 220 Å². The molecule has 8 nitrogen and oxygen atoms in total. The van der Waals surface area contributed by atoms with E-state index in [0.717, 1.165) is 5.56 Å². The van der Waals surface area contributed by atoms with Crippen molar-refractivity contribution in [3.05, 3.63) is 96.8 Å². The fourth-order valence-electron chi connectivity index (χ4n) is 4.36. The van der Waals surface area contributed by atoms with Gasteiger partial charge in [-0.15, -0.1) is 0 Å². The van der Waals surface area contributed by atoms with Gasteiger partial charge in [0.2, 0.25) is 5.88 Å². The number of hydrogen-bond acceptors (Lipinski definition) is 6. The van der Waals surface area contributed by atoms with Crippen LogP contribution in [0.25, 0.3) is 11.3 Å². The van der Waals surface area contributed by atoms with E-state index in [0.29, 0.717) is 60.0 Å². The molecule has 1 saturated carbocycles. The maximum atomic E-state index is 12.8. The molecule has 2 N–H and O–H groups in total. The Balaban J connectivity index is 1.17. The van der Waals surface area contributed by atoms with Crippen molar-refractivity contribution in [2.45, 2.75) is 31.8 Å². The molecule has 38 heavy (non-hydrogen) atoms. The van der Waals surface area contributed by atoms with Gasteiger partial charge in [-0.1, -0.05) is 24.3 Å². The Hall–Kier alpha value is -4.72. The van der Waals surface area contributed by atoms with E-state index in [2.05, 4.69) is 15.3 Å². The molecule has 1 fully saturated rings. The third kappa shape index (κ3) is 6.34. The van der Waals surface area contributed by atoms with Crippen LogP contribution in [-0.4, -0.2) is 33.1 Å². The summed E-state index contributed by atoms with van der Waals surface area (Å²) in [5, 5.41) is 12.0. The van der Waals surface area contributed by atoms with Gasteiger partial charge in [0, 0.05) is 35.8 Å². The van der Waals surface area contributed by atoms with Crippen LogP contribution < -0.4 is 14.8 Å². The molecule has 0 radical (unpaired) electrons. The van der Waals surface area contributed by atoms with Crippen molar-refractivity contribution in [3.8, 4) is 28.6 Å². The first-order valence-corrected chi connectivity index (χ1v) is 12.5. The molecule has 0 saturated heterocycles. The highest BCUT2D eigenvalue weighted by Gasteiger charge is 2.27. The Morgan fingerprint density at radius 2 is 1.61 bits per heavy atom. The fraction of sp³-hybridized carbons (Fsp3) is 0.200. The van der Waals surface area contributed by atoms with Crippen molar-refractivity contribution < 1.29 is 24.2 Å². The third-order valence-corrected chi connectivity index (χ3v) is 6.44. The predicted molar refractivity (Wildman–Crippen MR) is 142 cm³/mol. The second-order valence-corrected chi connectivity index (χ2v) is 9.14. The van der Waals surface area contributed by atoms with Crippen LogP contribution in [0.5, 0.6) is 17.4 Å². The number of carbonyl (C=O) groups excluding carboxylic acids is 1. The number of rotatable bonds is 8. The molecule has 0 spiro atoms. The van der Waals surface area contributed by atoms with Crippen molar-refractivity contribution in [1.82, 2.24) is 9.97 Å². The minimum atomic E-state index is -0.732. The minimum Gasteiger partial charge on any atom is -0.481 e. The fourth-order valence-corrected chi connectivity index (χ4v) is 4.36. The molecule has 2 aromatic carbocycles. The number of aliphatic carboxylic acids is 1. The topological polar surface area (TPSA) is 111 Å². The number of carbonyl (C=O) groups is 2. The lowest BCUT2D eigenvalue weighted by molar-refractivity contribution is -0.143. The number of pyridine rings is 2. The maximum absolute atomic E-state index is 12.8. The number of ether oxygens (including phenoxy) is 2. The predicted octanol–water partition coefficient (Wildman–Crippen LogP) is 6.21. The van der Waals surface area contributed by atoms with E-state index < -0.39 is 5.97 Å². The lowest BCUT2D eigenvalue weighted by atomic mass is 9.87. The van der Waals surface area contributed by atoms with Gasteiger partial charge in [0.1, 0.15) is 17.6 Å². The molecule has 0 atom stereocenters. The van der Waals surface area contributed by atoms with Crippen LogP contribution in [0.4, 0.5) is 5.69 Å². The normalized spacial score (nSPS) is 16.8. The highest BCUT2D eigenvalue weighted by molar-refractivity contribution is 6.04. The van der Waals surface area contributed by atoms with Crippen LogP contribution in [0.1, 0.15) is 36.0 Å². The SMILES string of the molecule is O=C(Nc1cccc(Oc2ccccc2)c1)c1ccc(-c2ccc(OC3CCC(C(=O)O)CC3)nc2)nc1. The zero-order valence-electron chi connectivity index (χ0n) is 20.6. The van der Waals surface area contributed by atoms with Crippen molar-refractivity contribution >= 4 is 17.6 Å². The number of nitrogens with one attached hydrogen (secondary N) is 1. The van der Waals surface area contributed by atoms with Gasteiger partial charge < -0.3 is 19.9 Å². The summed E-state index contributed by atoms with van der Waals surface area (Å²) in [4.78, 5) is 32.7. The first-order chi connectivity index (χ1) is 18.5. The van der Waals surface area contributed by atoms with Gasteiger partial charge in [-0.05, 0) is 68.1 Å². The van der Waals surface area contributed by atoms with E-state index in [1.165, 1.54) is 6.20 Å². The molecule has 0 aliphatic heterocycles. The molecule has 0 unspecified atom stereocenters. The first kappa shape index (κ1) is 25.0. The average Bonchev–Trinajstić information content (AvgIpc) is 2.95. The molecule has 2 heterocycles. The number of benzene rings is 2. The van der Waals surface area contributed by atoms with Gasteiger partial charge in [0.05, 0.1) is 17.2 Å². The van der Waals surface area contributed by atoms with Crippen LogP contribution in [-0.2, 0) is 4.79 Å². The Bertz CT molecular complexity index is 1380. The summed E-state index contributed by atoms with van der Waals surface area (Å²) in [6, 6.07) is 23.8. The lowest BCUT2D eigenvalue weighted by Gasteiger charge is -2.26. The number of carboxylic acids is 1. The number of nitrogens with zero attached hydrogens (tertiary/aromatic N) is 2. The van der Waals surface area contributed by atoms with Crippen LogP contribution in [0.15, 0.2) is 91.3 Å². The average molecular weight is 510 g/mol. The number of hydrogen-bond donors (Lipinski definition) is 2. The van der Waals surface area contributed by atoms with Crippen molar-refractivity contribution in [2.75, 3.05) is 5.32 Å². The minimum absolute atomic E-state index is 0.0227. The molecule has 2 aromatic heterocycles. The zero-order chi connectivity index (χ0) is 26.3. The number of carboxylic acid groups (broad SMARTS) is 1. The standard InChI is InChI=1S/C30H27N3O5/c34-29(33-23-5-4-8-26(17-23)37-24-6-2-1-3-7-24)22-11-15-27(31-19-22)21-12-16-28(32-18-21)38-25-13-9-20(10-14-25)30(35)36/h1-8,11-12,15-20,25H,9-10,13-14H2,(H,33,34)(H,35,36). The second kappa shape index (κ2) is 11.6.